The predicted octanol–water partition coefficient (Wildman–Crippen LogP) is 5.02. The summed E-state index contributed by atoms with van der Waals surface area (Å²) >= 11 is 0. The van der Waals surface area contributed by atoms with E-state index in [0.717, 1.165) is 28.3 Å². The molecule has 0 spiro atoms. The van der Waals surface area contributed by atoms with Gasteiger partial charge < -0.3 is 14.5 Å². The van der Waals surface area contributed by atoms with Gasteiger partial charge in [0.15, 0.2) is 0 Å². The summed E-state index contributed by atoms with van der Waals surface area (Å²) < 4.78 is 11.9. The summed E-state index contributed by atoms with van der Waals surface area (Å²) in [7, 11) is 0.0280. The van der Waals surface area contributed by atoms with Gasteiger partial charge in [-0.05, 0) is 65.0 Å². The molecule has 0 radical (unpaired) electrons. The SMILES string of the molecule is COC(C)=C1C(NC(C)(C)C)=Cc2cccc(O[Si](C)(C)C)c21. The first-order valence-corrected chi connectivity index (χ1v) is 11.5. The number of hydrogen-bond acceptors (Lipinski definition) is 3. The molecule has 1 aliphatic rings. The number of methoxy groups -OCH3 is 1. The normalized spacial score (nSPS) is 16.6. The van der Waals surface area contributed by atoms with Crippen LogP contribution in [-0.2, 0) is 4.74 Å². The molecular formula is C19H29NO2Si. The Morgan fingerprint density at radius 3 is 2.30 bits per heavy atom. The minimum absolute atomic E-state index is 0.0209. The van der Waals surface area contributed by atoms with Gasteiger partial charge >= 0.3 is 0 Å². The number of ether oxygens (including phenoxy) is 1. The smallest absolute Gasteiger partial charge is 0.242 e. The summed E-state index contributed by atoms with van der Waals surface area (Å²) in [4.78, 5) is 0. The minimum atomic E-state index is -1.69. The molecule has 0 unspecified atom stereocenters. The molecule has 0 heterocycles. The van der Waals surface area contributed by atoms with Crippen molar-refractivity contribution in [2.75, 3.05) is 7.11 Å². The third kappa shape index (κ3) is 4.19. The zero-order valence-corrected chi connectivity index (χ0v) is 16.6. The Kier molecular flexibility index (Phi) is 4.67. The van der Waals surface area contributed by atoms with Crippen molar-refractivity contribution in [3.05, 3.63) is 40.8 Å². The molecule has 0 saturated heterocycles. The third-order valence-electron chi connectivity index (χ3n) is 3.46. The molecule has 0 atom stereocenters. The van der Waals surface area contributed by atoms with Crippen molar-refractivity contribution in [3.8, 4) is 5.75 Å². The van der Waals surface area contributed by atoms with Gasteiger partial charge in [0.1, 0.15) is 11.5 Å². The Balaban J connectivity index is 2.57. The Morgan fingerprint density at radius 1 is 1.13 bits per heavy atom. The molecule has 0 fully saturated rings. The van der Waals surface area contributed by atoms with E-state index in [1.54, 1.807) is 7.11 Å². The second-order valence-electron chi connectivity index (χ2n) is 8.00. The lowest BCUT2D eigenvalue weighted by atomic mass is 10.0. The Labute approximate surface area is 141 Å². The quantitative estimate of drug-likeness (QED) is 0.620. The Morgan fingerprint density at radius 2 is 1.78 bits per heavy atom. The van der Waals surface area contributed by atoms with Crippen LogP contribution in [0, 0.1) is 0 Å². The molecular weight excluding hydrogens is 302 g/mol. The predicted molar refractivity (Wildman–Crippen MR) is 101 cm³/mol. The van der Waals surface area contributed by atoms with E-state index in [0.29, 0.717) is 0 Å². The van der Waals surface area contributed by atoms with Crippen molar-refractivity contribution in [3.63, 3.8) is 0 Å². The van der Waals surface area contributed by atoms with E-state index in [9.17, 15) is 0 Å². The summed E-state index contributed by atoms with van der Waals surface area (Å²) in [6.45, 7) is 15.1. The first-order valence-electron chi connectivity index (χ1n) is 8.09. The number of fused-ring (bicyclic) bond motifs is 1. The summed E-state index contributed by atoms with van der Waals surface area (Å²) in [5.41, 5.74) is 4.50. The van der Waals surface area contributed by atoms with Crippen LogP contribution in [-0.4, -0.2) is 21.0 Å². The number of rotatable bonds is 4. The molecule has 0 amide bonds. The van der Waals surface area contributed by atoms with Crippen LogP contribution in [0.25, 0.3) is 11.6 Å². The van der Waals surface area contributed by atoms with Crippen molar-refractivity contribution < 1.29 is 9.16 Å². The van der Waals surface area contributed by atoms with Crippen molar-refractivity contribution >= 4 is 20.0 Å². The lowest BCUT2D eigenvalue weighted by molar-refractivity contribution is 0.295. The van der Waals surface area contributed by atoms with Crippen LogP contribution >= 0.6 is 0 Å². The topological polar surface area (TPSA) is 30.5 Å². The molecule has 1 aromatic rings. The highest BCUT2D eigenvalue weighted by Crippen LogP contribution is 2.43. The van der Waals surface area contributed by atoms with Gasteiger partial charge in [0.2, 0.25) is 8.32 Å². The second-order valence-corrected chi connectivity index (χ2v) is 12.4. The van der Waals surface area contributed by atoms with Crippen LogP contribution in [0.2, 0.25) is 19.6 Å². The van der Waals surface area contributed by atoms with Crippen LogP contribution in [0.15, 0.2) is 29.7 Å². The van der Waals surface area contributed by atoms with Gasteiger partial charge in [-0.3, -0.25) is 0 Å². The zero-order chi connectivity index (χ0) is 17.4. The lowest BCUT2D eigenvalue weighted by Crippen LogP contribution is -2.35. The molecule has 2 rings (SSSR count). The zero-order valence-electron chi connectivity index (χ0n) is 15.6. The van der Waals surface area contributed by atoms with Crippen molar-refractivity contribution in [1.82, 2.24) is 5.32 Å². The Hall–Kier alpha value is -1.68. The highest BCUT2D eigenvalue weighted by molar-refractivity contribution is 6.70. The first-order chi connectivity index (χ1) is 10.5. The van der Waals surface area contributed by atoms with Gasteiger partial charge in [-0.1, -0.05) is 12.1 Å². The summed E-state index contributed by atoms with van der Waals surface area (Å²) in [6.07, 6.45) is 2.19. The van der Waals surface area contributed by atoms with Gasteiger partial charge in [-0.15, -0.1) is 0 Å². The molecule has 1 aromatic carbocycles. The molecule has 1 N–H and O–H groups in total. The monoisotopic (exact) mass is 331 g/mol. The van der Waals surface area contributed by atoms with Crippen LogP contribution in [0.5, 0.6) is 5.75 Å². The first kappa shape index (κ1) is 17.7. The van der Waals surface area contributed by atoms with Crippen LogP contribution < -0.4 is 9.74 Å². The molecule has 3 nitrogen and oxygen atoms in total. The molecule has 126 valence electrons. The molecule has 4 heteroatoms. The maximum Gasteiger partial charge on any atom is 0.242 e. The minimum Gasteiger partial charge on any atom is -0.544 e. The fourth-order valence-corrected chi connectivity index (χ4v) is 3.51. The van der Waals surface area contributed by atoms with E-state index >= 15 is 0 Å². The average Bonchev–Trinajstić information content (AvgIpc) is 2.72. The average molecular weight is 332 g/mol. The molecule has 0 aromatic heterocycles. The van der Waals surface area contributed by atoms with E-state index < -0.39 is 8.32 Å². The maximum absolute atomic E-state index is 6.34. The molecule has 23 heavy (non-hydrogen) atoms. The van der Waals surface area contributed by atoms with E-state index in [2.05, 4.69) is 70.0 Å². The largest absolute Gasteiger partial charge is 0.544 e. The highest BCUT2D eigenvalue weighted by Gasteiger charge is 2.29. The summed E-state index contributed by atoms with van der Waals surface area (Å²) in [5.74, 6) is 1.86. The standard InChI is InChI=1S/C19H29NO2Si/c1-13(21-5)17-15(20-19(2,3)4)12-14-10-9-11-16(18(14)17)22-23(6,7)8/h9-12,20H,1-8H3. The molecule has 0 bridgehead atoms. The number of allylic oxidation sites excluding steroid dienone is 2. The van der Waals surface area contributed by atoms with Crippen molar-refractivity contribution in [2.45, 2.75) is 52.9 Å². The Bertz CT molecular complexity index is 661. The van der Waals surface area contributed by atoms with Crippen LogP contribution in [0.3, 0.4) is 0 Å². The van der Waals surface area contributed by atoms with Gasteiger partial charge in [0.05, 0.1) is 7.11 Å². The van der Waals surface area contributed by atoms with Gasteiger partial charge in [0.25, 0.3) is 0 Å². The number of nitrogens with one attached hydrogen (secondary N) is 1. The van der Waals surface area contributed by atoms with Crippen molar-refractivity contribution in [1.29, 1.82) is 0 Å². The number of benzene rings is 1. The third-order valence-corrected chi connectivity index (χ3v) is 4.29. The summed E-state index contributed by atoms with van der Waals surface area (Å²) in [5, 5.41) is 3.60. The summed E-state index contributed by atoms with van der Waals surface area (Å²) in [6, 6.07) is 6.26. The van der Waals surface area contributed by atoms with Crippen molar-refractivity contribution in [2.24, 2.45) is 0 Å². The van der Waals surface area contributed by atoms with Crippen LogP contribution in [0.4, 0.5) is 0 Å². The van der Waals surface area contributed by atoms with E-state index in [1.165, 1.54) is 5.56 Å². The molecule has 1 aliphatic carbocycles. The lowest BCUT2D eigenvalue weighted by Gasteiger charge is -2.26. The van der Waals surface area contributed by atoms with Gasteiger partial charge in [0, 0.05) is 22.4 Å². The van der Waals surface area contributed by atoms with Crippen LogP contribution in [0.1, 0.15) is 38.8 Å². The fourth-order valence-electron chi connectivity index (χ4n) is 2.68. The molecule has 0 saturated carbocycles. The molecule has 0 aliphatic heterocycles. The van der Waals surface area contributed by atoms with E-state index in [1.807, 2.05) is 6.92 Å². The maximum atomic E-state index is 6.34. The van der Waals surface area contributed by atoms with E-state index in [4.69, 9.17) is 9.16 Å². The van der Waals surface area contributed by atoms with Gasteiger partial charge in [-0.2, -0.15) is 0 Å². The fraction of sp³-hybridized carbons (Fsp3) is 0.474. The second kappa shape index (κ2) is 6.08. The van der Waals surface area contributed by atoms with E-state index in [-0.39, 0.29) is 5.54 Å². The van der Waals surface area contributed by atoms with Gasteiger partial charge in [-0.25, -0.2) is 0 Å². The highest BCUT2D eigenvalue weighted by atomic mass is 28.4. The number of hydrogen-bond donors (Lipinski definition) is 1.